The third kappa shape index (κ3) is 47.9. The molecule has 2 atom stereocenters. The van der Waals surface area contributed by atoms with Gasteiger partial charge in [-0.05, 0) is 44.9 Å². The highest BCUT2D eigenvalue weighted by Gasteiger charge is 2.18. The summed E-state index contributed by atoms with van der Waals surface area (Å²) in [5.41, 5.74) is 0. The summed E-state index contributed by atoms with van der Waals surface area (Å²) < 4.78 is 0. The van der Waals surface area contributed by atoms with E-state index in [0.29, 0.717) is 6.42 Å². The number of hydrogen-bond acceptors (Lipinski definition) is 3. The average Bonchev–Trinajstić information content (AvgIpc) is 3.25. The van der Waals surface area contributed by atoms with Gasteiger partial charge in [-0.2, -0.15) is 0 Å². The van der Waals surface area contributed by atoms with Gasteiger partial charge in [0.05, 0.1) is 18.8 Å². The minimum atomic E-state index is -0.834. The Bertz CT molecular complexity index is 871. The van der Waals surface area contributed by atoms with Gasteiger partial charge >= 0.3 is 0 Å². The Kier molecular flexibility index (Phi) is 51.2. The number of nitrogens with one attached hydrogen (secondary N) is 1. The van der Waals surface area contributed by atoms with Gasteiger partial charge in [-0.1, -0.05) is 282 Å². The Morgan fingerprint density at radius 2 is 0.633 bits per heavy atom. The molecule has 0 rings (SSSR count). The molecule has 0 aliphatic carbocycles. The van der Waals surface area contributed by atoms with E-state index in [2.05, 4.69) is 31.3 Å². The van der Waals surface area contributed by atoms with Crippen LogP contribution in [0.1, 0.15) is 309 Å². The lowest BCUT2D eigenvalue weighted by molar-refractivity contribution is -0.123. The summed E-state index contributed by atoms with van der Waals surface area (Å²) in [6.07, 6.45) is 69.4. The van der Waals surface area contributed by atoms with Crippen molar-refractivity contribution in [3.05, 3.63) is 24.3 Å². The number of aliphatic hydroxyl groups is 2. The smallest absolute Gasteiger partial charge is 0.220 e. The SMILES string of the molecule is CCCCCCCCC/C=C/C(O)C(CO)NC(=O)CCCCCCCCCCCCCCCCCCC/C=C\CCCCCCCCCCCCCCCCCCCC. The van der Waals surface area contributed by atoms with E-state index in [1.807, 2.05) is 6.08 Å². The van der Waals surface area contributed by atoms with Gasteiger partial charge in [0.15, 0.2) is 0 Å². The average molecular weight is 844 g/mol. The maximum atomic E-state index is 12.4. The van der Waals surface area contributed by atoms with Crippen LogP contribution in [0.3, 0.4) is 0 Å². The van der Waals surface area contributed by atoms with Crippen molar-refractivity contribution in [2.75, 3.05) is 6.61 Å². The third-order valence-electron chi connectivity index (χ3n) is 12.9. The highest BCUT2D eigenvalue weighted by Crippen LogP contribution is 2.17. The molecule has 0 aromatic rings. The minimum Gasteiger partial charge on any atom is -0.394 e. The summed E-state index contributed by atoms with van der Waals surface area (Å²) in [6.45, 7) is 4.30. The van der Waals surface area contributed by atoms with Gasteiger partial charge in [0.1, 0.15) is 0 Å². The van der Waals surface area contributed by atoms with E-state index in [9.17, 15) is 15.0 Å². The second-order valence-electron chi connectivity index (χ2n) is 19.0. The first kappa shape index (κ1) is 58.9. The van der Waals surface area contributed by atoms with E-state index in [1.165, 1.54) is 263 Å². The number of amides is 1. The second-order valence-corrected chi connectivity index (χ2v) is 19.0. The van der Waals surface area contributed by atoms with Gasteiger partial charge in [0, 0.05) is 6.42 Å². The van der Waals surface area contributed by atoms with Gasteiger partial charge in [-0.15, -0.1) is 0 Å². The van der Waals surface area contributed by atoms with Crippen LogP contribution in [0.2, 0.25) is 0 Å². The normalized spacial score (nSPS) is 12.9. The Balaban J connectivity index is 3.34. The Morgan fingerprint density at radius 1 is 0.383 bits per heavy atom. The van der Waals surface area contributed by atoms with Gasteiger partial charge in [0.25, 0.3) is 0 Å². The van der Waals surface area contributed by atoms with Gasteiger partial charge in [-0.3, -0.25) is 4.79 Å². The van der Waals surface area contributed by atoms with Crippen LogP contribution in [0.5, 0.6) is 0 Å². The minimum absolute atomic E-state index is 0.0622. The molecule has 356 valence electrons. The van der Waals surface area contributed by atoms with Crippen LogP contribution in [0.25, 0.3) is 0 Å². The number of carbonyl (C=O) groups is 1. The molecule has 3 N–H and O–H groups in total. The molecule has 4 heteroatoms. The molecule has 0 heterocycles. The van der Waals surface area contributed by atoms with Gasteiger partial charge in [0.2, 0.25) is 5.91 Å². The first-order valence-electron chi connectivity index (χ1n) is 27.6. The molecule has 0 aromatic heterocycles. The Hall–Kier alpha value is -1.13. The zero-order valence-electron chi connectivity index (χ0n) is 41.0. The van der Waals surface area contributed by atoms with Crippen molar-refractivity contribution in [3.63, 3.8) is 0 Å². The maximum absolute atomic E-state index is 12.4. The largest absolute Gasteiger partial charge is 0.394 e. The molecule has 0 fully saturated rings. The van der Waals surface area contributed by atoms with Crippen LogP contribution < -0.4 is 5.32 Å². The highest BCUT2D eigenvalue weighted by molar-refractivity contribution is 5.76. The van der Waals surface area contributed by atoms with Crippen LogP contribution >= 0.6 is 0 Å². The molecule has 0 saturated carbocycles. The van der Waals surface area contributed by atoms with Crippen LogP contribution in [-0.4, -0.2) is 34.9 Å². The standard InChI is InChI=1S/C56H109NO3/c1-3-5-7-9-11-13-14-15-16-17-18-19-20-21-22-23-24-25-26-27-28-29-30-31-32-33-34-35-36-37-38-39-40-41-42-44-46-48-50-52-56(60)57-54(53-58)55(59)51-49-47-45-43-12-10-8-6-4-2/h27-28,49,51,54-55,58-59H,3-26,29-48,50,52-53H2,1-2H3,(H,57,60)/b28-27-,51-49+. The number of rotatable bonds is 51. The lowest BCUT2D eigenvalue weighted by atomic mass is 10.0. The predicted octanol–water partition coefficient (Wildman–Crippen LogP) is 17.9. The van der Waals surface area contributed by atoms with Crippen molar-refractivity contribution < 1.29 is 15.0 Å². The fourth-order valence-corrected chi connectivity index (χ4v) is 8.71. The number of unbranched alkanes of at least 4 members (excludes halogenated alkanes) is 42. The van der Waals surface area contributed by atoms with E-state index >= 15 is 0 Å². The maximum Gasteiger partial charge on any atom is 0.220 e. The van der Waals surface area contributed by atoms with E-state index in [1.54, 1.807) is 6.08 Å². The molecule has 0 radical (unpaired) electrons. The molecule has 2 unspecified atom stereocenters. The molecule has 0 aliphatic heterocycles. The highest BCUT2D eigenvalue weighted by atomic mass is 16.3. The molecule has 1 amide bonds. The summed E-state index contributed by atoms with van der Waals surface area (Å²) in [5.74, 6) is -0.0622. The molecule has 0 spiro atoms. The monoisotopic (exact) mass is 844 g/mol. The summed E-state index contributed by atoms with van der Waals surface area (Å²) in [7, 11) is 0. The molecule has 0 saturated heterocycles. The number of hydrogen-bond donors (Lipinski definition) is 3. The number of aliphatic hydroxyl groups excluding tert-OH is 2. The summed E-state index contributed by atoms with van der Waals surface area (Å²) in [5, 5.41) is 22.9. The lowest BCUT2D eigenvalue weighted by Gasteiger charge is -2.20. The van der Waals surface area contributed by atoms with Crippen molar-refractivity contribution >= 4 is 5.91 Å². The van der Waals surface area contributed by atoms with Crippen LogP contribution in [0.15, 0.2) is 24.3 Å². The van der Waals surface area contributed by atoms with Crippen LogP contribution in [0, 0.1) is 0 Å². The van der Waals surface area contributed by atoms with E-state index in [0.717, 1.165) is 25.7 Å². The van der Waals surface area contributed by atoms with Crippen molar-refractivity contribution in [2.24, 2.45) is 0 Å². The van der Waals surface area contributed by atoms with E-state index in [-0.39, 0.29) is 12.5 Å². The summed E-state index contributed by atoms with van der Waals surface area (Å²) in [4.78, 5) is 12.4. The van der Waals surface area contributed by atoms with Crippen molar-refractivity contribution in [1.29, 1.82) is 0 Å². The van der Waals surface area contributed by atoms with E-state index in [4.69, 9.17) is 0 Å². The molecule has 60 heavy (non-hydrogen) atoms. The molecule has 4 nitrogen and oxygen atoms in total. The predicted molar refractivity (Wildman–Crippen MR) is 267 cm³/mol. The lowest BCUT2D eigenvalue weighted by Crippen LogP contribution is -2.45. The Labute approximate surface area is 377 Å². The topological polar surface area (TPSA) is 69.6 Å². The molecule has 0 bridgehead atoms. The van der Waals surface area contributed by atoms with Crippen LogP contribution in [0.4, 0.5) is 0 Å². The Morgan fingerprint density at radius 3 is 0.917 bits per heavy atom. The molecule has 0 aliphatic rings. The van der Waals surface area contributed by atoms with Crippen LogP contribution in [-0.2, 0) is 4.79 Å². The number of allylic oxidation sites excluding steroid dienone is 3. The summed E-state index contributed by atoms with van der Waals surface area (Å²) >= 11 is 0. The fraction of sp³-hybridized carbons (Fsp3) is 0.911. The number of carbonyl (C=O) groups excluding carboxylic acids is 1. The molecule has 0 aromatic carbocycles. The van der Waals surface area contributed by atoms with Crippen molar-refractivity contribution in [2.45, 2.75) is 321 Å². The molecular weight excluding hydrogens is 735 g/mol. The van der Waals surface area contributed by atoms with Crippen molar-refractivity contribution in [1.82, 2.24) is 5.32 Å². The quantitative estimate of drug-likeness (QED) is 0.0422. The molecular formula is C56H109NO3. The van der Waals surface area contributed by atoms with E-state index < -0.39 is 12.1 Å². The second kappa shape index (κ2) is 52.2. The first-order chi connectivity index (χ1) is 29.7. The zero-order valence-corrected chi connectivity index (χ0v) is 41.0. The fourth-order valence-electron chi connectivity index (χ4n) is 8.71. The van der Waals surface area contributed by atoms with Gasteiger partial charge < -0.3 is 15.5 Å². The summed E-state index contributed by atoms with van der Waals surface area (Å²) in [6, 6.07) is -0.617. The van der Waals surface area contributed by atoms with Gasteiger partial charge in [-0.25, -0.2) is 0 Å². The first-order valence-corrected chi connectivity index (χ1v) is 27.6. The van der Waals surface area contributed by atoms with Crippen molar-refractivity contribution in [3.8, 4) is 0 Å². The third-order valence-corrected chi connectivity index (χ3v) is 12.9. The zero-order chi connectivity index (χ0) is 43.5.